The Balaban J connectivity index is 1.78. The second-order valence-electron chi connectivity index (χ2n) is 6.14. The van der Waals surface area contributed by atoms with Crippen LogP contribution in [-0.2, 0) is 16.6 Å². The van der Waals surface area contributed by atoms with Gasteiger partial charge in [0.05, 0.1) is 6.54 Å². The minimum Gasteiger partial charge on any atom is -0.438 e. The van der Waals surface area contributed by atoms with E-state index in [4.69, 9.17) is 4.42 Å². The maximum Gasteiger partial charge on any atom is 0.290 e. The first kappa shape index (κ1) is 18.9. The molecular weight excluding hydrogens is 372 g/mol. The third kappa shape index (κ3) is 4.08. The smallest absolute Gasteiger partial charge is 0.290 e. The molecular formula is C18H22N2O4S2. The summed E-state index contributed by atoms with van der Waals surface area (Å²) in [6.07, 6.45) is 4.37. The number of hydrogen-bond donors (Lipinski definition) is 0. The summed E-state index contributed by atoms with van der Waals surface area (Å²) in [6, 6.07) is 6.67. The van der Waals surface area contributed by atoms with Gasteiger partial charge in [0, 0.05) is 24.5 Å². The van der Waals surface area contributed by atoms with Crippen molar-refractivity contribution < 1.29 is 17.6 Å². The van der Waals surface area contributed by atoms with Gasteiger partial charge in [-0.1, -0.05) is 18.6 Å². The molecule has 0 atom stereocenters. The van der Waals surface area contributed by atoms with E-state index in [-0.39, 0.29) is 16.8 Å². The van der Waals surface area contributed by atoms with E-state index in [0.29, 0.717) is 26.2 Å². The van der Waals surface area contributed by atoms with Crippen molar-refractivity contribution in [1.82, 2.24) is 9.21 Å². The molecule has 1 fully saturated rings. The van der Waals surface area contributed by atoms with Crippen LogP contribution in [0.2, 0.25) is 0 Å². The Hall–Kier alpha value is -1.90. The number of thiophene rings is 1. The van der Waals surface area contributed by atoms with E-state index < -0.39 is 10.0 Å². The second-order valence-corrected chi connectivity index (χ2v) is 9.04. The Morgan fingerprint density at radius 2 is 2.04 bits per heavy atom. The van der Waals surface area contributed by atoms with E-state index in [1.165, 1.54) is 16.4 Å². The van der Waals surface area contributed by atoms with Crippen LogP contribution >= 0.6 is 11.3 Å². The lowest BCUT2D eigenvalue weighted by molar-refractivity contribution is 0.0726. The van der Waals surface area contributed by atoms with Gasteiger partial charge in [-0.05, 0) is 36.4 Å². The Labute approximate surface area is 157 Å². The summed E-state index contributed by atoms with van der Waals surface area (Å²) < 4.78 is 32.2. The Kier molecular flexibility index (Phi) is 5.95. The third-order valence-electron chi connectivity index (χ3n) is 4.26. The number of furan rings is 1. The highest BCUT2D eigenvalue weighted by atomic mass is 32.2. The number of amides is 1. The zero-order valence-electron chi connectivity index (χ0n) is 14.5. The van der Waals surface area contributed by atoms with E-state index in [2.05, 4.69) is 6.58 Å². The molecule has 8 heteroatoms. The molecule has 26 heavy (non-hydrogen) atoms. The van der Waals surface area contributed by atoms with E-state index in [9.17, 15) is 13.2 Å². The fourth-order valence-corrected chi connectivity index (χ4v) is 5.08. The molecule has 2 aromatic rings. The highest BCUT2D eigenvalue weighted by molar-refractivity contribution is 7.89. The van der Waals surface area contributed by atoms with Gasteiger partial charge in [0.1, 0.15) is 0 Å². The standard InChI is InChI=1S/C18H22N2O4S2/c1-2-10-19(14-15-7-6-13-25-15)18(21)16-8-9-17(24-16)26(22,23)20-11-4-3-5-12-20/h2,6-9,13H,1,3-5,10-12,14H2. The van der Waals surface area contributed by atoms with E-state index in [0.717, 1.165) is 24.1 Å². The van der Waals surface area contributed by atoms with Crippen molar-refractivity contribution in [2.24, 2.45) is 0 Å². The van der Waals surface area contributed by atoms with Crippen molar-refractivity contribution in [2.45, 2.75) is 30.9 Å². The average Bonchev–Trinajstić information content (AvgIpc) is 3.34. The molecule has 1 saturated heterocycles. The maximum absolute atomic E-state index is 12.8. The van der Waals surface area contributed by atoms with Gasteiger partial charge in [-0.15, -0.1) is 17.9 Å². The number of hydrogen-bond acceptors (Lipinski definition) is 5. The maximum atomic E-state index is 12.8. The molecule has 0 unspecified atom stereocenters. The first-order valence-electron chi connectivity index (χ1n) is 8.55. The molecule has 1 aliphatic heterocycles. The first-order valence-corrected chi connectivity index (χ1v) is 10.9. The van der Waals surface area contributed by atoms with Crippen LogP contribution in [0.1, 0.15) is 34.7 Å². The molecule has 0 spiro atoms. The molecule has 0 N–H and O–H groups in total. The predicted octanol–water partition coefficient (Wildman–Crippen LogP) is 3.34. The summed E-state index contributed by atoms with van der Waals surface area (Å²) in [5, 5.41) is 1.78. The largest absolute Gasteiger partial charge is 0.438 e. The van der Waals surface area contributed by atoms with Gasteiger partial charge in [0.25, 0.3) is 15.9 Å². The van der Waals surface area contributed by atoms with E-state index >= 15 is 0 Å². The number of piperidine rings is 1. The van der Waals surface area contributed by atoms with Crippen molar-refractivity contribution in [3.05, 3.63) is 52.9 Å². The number of sulfonamides is 1. The Morgan fingerprint density at radius 3 is 2.69 bits per heavy atom. The molecule has 0 saturated carbocycles. The number of carbonyl (C=O) groups is 1. The lowest BCUT2D eigenvalue weighted by Crippen LogP contribution is -2.35. The Morgan fingerprint density at radius 1 is 1.27 bits per heavy atom. The molecule has 6 nitrogen and oxygen atoms in total. The molecule has 0 aliphatic carbocycles. The number of nitrogens with zero attached hydrogens (tertiary/aromatic N) is 2. The lowest BCUT2D eigenvalue weighted by Gasteiger charge is -2.24. The van der Waals surface area contributed by atoms with Crippen molar-refractivity contribution in [3.8, 4) is 0 Å². The molecule has 3 heterocycles. The van der Waals surface area contributed by atoms with Crippen molar-refractivity contribution in [3.63, 3.8) is 0 Å². The molecule has 1 amide bonds. The van der Waals surface area contributed by atoms with Crippen LogP contribution in [0.15, 0.2) is 51.8 Å². The van der Waals surface area contributed by atoms with Gasteiger partial charge in [-0.2, -0.15) is 4.31 Å². The molecule has 140 valence electrons. The van der Waals surface area contributed by atoms with Gasteiger partial charge in [0.2, 0.25) is 5.09 Å². The average molecular weight is 395 g/mol. The zero-order valence-corrected chi connectivity index (χ0v) is 16.1. The molecule has 2 aromatic heterocycles. The van der Waals surface area contributed by atoms with Gasteiger partial charge in [-0.25, -0.2) is 8.42 Å². The highest BCUT2D eigenvalue weighted by Gasteiger charge is 2.30. The monoisotopic (exact) mass is 394 g/mol. The predicted molar refractivity (Wildman–Crippen MR) is 101 cm³/mol. The van der Waals surface area contributed by atoms with Gasteiger partial charge in [-0.3, -0.25) is 4.79 Å². The van der Waals surface area contributed by atoms with Crippen LogP contribution < -0.4 is 0 Å². The van der Waals surface area contributed by atoms with Gasteiger partial charge < -0.3 is 9.32 Å². The molecule has 0 aromatic carbocycles. The summed E-state index contributed by atoms with van der Waals surface area (Å²) in [5.74, 6) is -0.322. The molecule has 0 radical (unpaired) electrons. The number of carbonyl (C=O) groups excluding carboxylic acids is 1. The van der Waals surface area contributed by atoms with E-state index in [1.54, 1.807) is 22.3 Å². The second kappa shape index (κ2) is 8.20. The summed E-state index contributed by atoms with van der Waals surface area (Å²) in [6.45, 7) is 5.46. The summed E-state index contributed by atoms with van der Waals surface area (Å²) in [7, 11) is -3.68. The zero-order chi connectivity index (χ0) is 18.6. The first-order chi connectivity index (χ1) is 12.5. The van der Waals surface area contributed by atoms with Crippen molar-refractivity contribution in [1.29, 1.82) is 0 Å². The van der Waals surface area contributed by atoms with Gasteiger partial charge >= 0.3 is 0 Å². The van der Waals surface area contributed by atoms with Crippen LogP contribution in [0.25, 0.3) is 0 Å². The van der Waals surface area contributed by atoms with Crippen LogP contribution in [0, 0.1) is 0 Å². The van der Waals surface area contributed by atoms with Crippen LogP contribution in [0.4, 0.5) is 0 Å². The molecule has 1 aliphatic rings. The lowest BCUT2D eigenvalue weighted by atomic mass is 10.2. The molecule has 0 bridgehead atoms. The fraction of sp³-hybridized carbons (Fsp3) is 0.389. The summed E-state index contributed by atoms with van der Waals surface area (Å²) >= 11 is 1.56. The van der Waals surface area contributed by atoms with Crippen LogP contribution in [0.3, 0.4) is 0 Å². The Bertz CT molecular complexity index is 850. The minimum absolute atomic E-state index is 0.0268. The van der Waals surface area contributed by atoms with Crippen molar-refractivity contribution >= 4 is 27.3 Å². The van der Waals surface area contributed by atoms with Crippen LogP contribution in [0.5, 0.6) is 0 Å². The highest BCUT2D eigenvalue weighted by Crippen LogP contribution is 2.23. The van der Waals surface area contributed by atoms with Crippen molar-refractivity contribution in [2.75, 3.05) is 19.6 Å². The fourth-order valence-electron chi connectivity index (χ4n) is 2.93. The molecule has 3 rings (SSSR count). The summed E-state index contributed by atoms with van der Waals surface area (Å²) in [5.41, 5.74) is 0. The van der Waals surface area contributed by atoms with Crippen LogP contribution in [-0.4, -0.2) is 43.2 Å². The number of rotatable bonds is 7. The quantitative estimate of drug-likeness (QED) is 0.675. The van der Waals surface area contributed by atoms with E-state index in [1.807, 2.05) is 17.5 Å². The third-order valence-corrected chi connectivity index (χ3v) is 6.90. The van der Waals surface area contributed by atoms with Gasteiger partial charge in [0.15, 0.2) is 5.76 Å². The summed E-state index contributed by atoms with van der Waals surface area (Å²) in [4.78, 5) is 15.4. The topological polar surface area (TPSA) is 70.8 Å². The minimum atomic E-state index is -3.68. The SMILES string of the molecule is C=CCN(Cc1cccs1)C(=O)c1ccc(S(=O)(=O)N2CCCCC2)o1. The normalized spacial score (nSPS) is 15.7.